The predicted molar refractivity (Wildman–Crippen MR) is 75.6 cm³/mol. The summed E-state index contributed by atoms with van der Waals surface area (Å²) in [4.78, 5) is 24.6. The quantitative estimate of drug-likeness (QED) is 0.851. The average molecular weight is 347 g/mol. The maximum absolute atomic E-state index is 11.8. The Morgan fingerprint density at radius 1 is 1.47 bits per heavy atom. The Hall–Kier alpha value is -1.07. The molecular weight excluding hydrogens is 334 g/mol. The molecule has 0 aliphatic carbocycles. The van der Waals surface area contributed by atoms with Crippen LogP contribution in [0.2, 0.25) is 5.02 Å². The van der Waals surface area contributed by atoms with Crippen LogP contribution in [0, 0.1) is 0 Å². The number of nitrogens with zero attached hydrogens (tertiary/aromatic N) is 1. The average Bonchev–Trinajstić information content (AvgIpc) is 2.67. The van der Waals surface area contributed by atoms with E-state index in [2.05, 4.69) is 15.9 Å². The first kappa shape index (κ1) is 14.3. The largest absolute Gasteiger partial charge is 0.480 e. The van der Waals surface area contributed by atoms with E-state index >= 15 is 0 Å². The van der Waals surface area contributed by atoms with Crippen molar-refractivity contribution in [2.45, 2.75) is 23.7 Å². The minimum absolute atomic E-state index is 0.0343. The smallest absolute Gasteiger partial charge is 0.326 e. The molecule has 1 aliphatic rings. The number of halogens is 2. The van der Waals surface area contributed by atoms with Gasteiger partial charge in [-0.25, -0.2) is 4.79 Å². The van der Waals surface area contributed by atoms with Gasteiger partial charge < -0.3 is 10.0 Å². The lowest BCUT2D eigenvalue weighted by atomic mass is 10.1. The van der Waals surface area contributed by atoms with Crippen molar-refractivity contribution in [3.8, 4) is 0 Å². The van der Waals surface area contributed by atoms with Gasteiger partial charge in [-0.1, -0.05) is 39.7 Å². The lowest BCUT2D eigenvalue weighted by molar-refractivity contribution is -0.148. The molecule has 2 rings (SSSR count). The Kier molecular flexibility index (Phi) is 4.47. The summed E-state index contributed by atoms with van der Waals surface area (Å²) in [6.07, 6.45) is 0.641. The van der Waals surface area contributed by atoms with Crippen LogP contribution in [0.1, 0.15) is 12.0 Å². The van der Waals surface area contributed by atoms with Crippen LogP contribution in [0.5, 0.6) is 0 Å². The van der Waals surface area contributed by atoms with Gasteiger partial charge in [0, 0.05) is 29.2 Å². The number of alkyl halides is 1. The third-order valence-electron chi connectivity index (χ3n) is 3.11. The van der Waals surface area contributed by atoms with E-state index < -0.39 is 12.0 Å². The second kappa shape index (κ2) is 5.92. The maximum Gasteiger partial charge on any atom is 0.326 e. The van der Waals surface area contributed by atoms with Crippen molar-refractivity contribution in [1.29, 1.82) is 0 Å². The van der Waals surface area contributed by atoms with Crippen LogP contribution in [-0.2, 0) is 16.0 Å². The lowest BCUT2D eigenvalue weighted by Crippen LogP contribution is -2.43. The van der Waals surface area contributed by atoms with Gasteiger partial charge in [0.1, 0.15) is 6.04 Å². The van der Waals surface area contributed by atoms with Crippen LogP contribution in [-0.4, -0.2) is 39.3 Å². The molecule has 0 saturated carbocycles. The normalized spacial score (nSPS) is 20.6. The molecular formula is C13H13BrClNO3. The fourth-order valence-corrected chi connectivity index (χ4v) is 2.88. The summed E-state index contributed by atoms with van der Waals surface area (Å²) in [7, 11) is 0. The molecule has 0 radical (unpaired) electrons. The van der Waals surface area contributed by atoms with Gasteiger partial charge in [-0.05, 0) is 17.7 Å². The molecule has 0 bridgehead atoms. The highest BCUT2D eigenvalue weighted by Crippen LogP contribution is 2.23. The number of carboxylic acid groups (broad SMARTS) is 1. The zero-order valence-corrected chi connectivity index (χ0v) is 12.4. The molecule has 4 nitrogen and oxygen atoms in total. The number of aliphatic carboxylic acids is 1. The topological polar surface area (TPSA) is 57.6 Å². The van der Waals surface area contributed by atoms with E-state index in [4.69, 9.17) is 11.6 Å². The number of carboxylic acids is 1. The minimum atomic E-state index is -0.982. The number of hydrogen-bond donors (Lipinski definition) is 1. The minimum Gasteiger partial charge on any atom is -0.480 e. The summed E-state index contributed by atoms with van der Waals surface area (Å²) in [5.74, 6) is -1.10. The van der Waals surface area contributed by atoms with Gasteiger partial charge in [0.05, 0.1) is 0 Å². The van der Waals surface area contributed by atoms with Crippen molar-refractivity contribution < 1.29 is 14.7 Å². The van der Waals surface area contributed by atoms with Gasteiger partial charge in [-0.3, -0.25) is 4.79 Å². The summed E-state index contributed by atoms with van der Waals surface area (Å²) < 4.78 is 0. The van der Waals surface area contributed by atoms with Gasteiger partial charge >= 0.3 is 5.97 Å². The van der Waals surface area contributed by atoms with E-state index in [1.165, 1.54) is 4.90 Å². The Morgan fingerprint density at radius 3 is 2.58 bits per heavy atom. The van der Waals surface area contributed by atoms with Crippen LogP contribution in [0.3, 0.4) is 0 Å². The molecule has 0 spiro atoms. The number of rotatable bonds is 4. The Balaban J connectivity index is 2.15. The molecule has 102 valence electrons. The lowest BCUT2D eigenvalue weighted by Gasteiger charge is -2.24. The van der Waals surface area contributed by atoms with E-state index in [9.17, 15) is 14.7 Å². The molecule has 19 heavy (non-hydrogen) atoms. The highest BCUT2D eigenvalue weighted by Gasteiger charge is 2.36. The van der Waals surface area contributed by atoms with Crippen molar-refractivity contribution in [2.75, 3.05) is 6.54 Å². The maximum atomic E-state index is 11.8. The molecule has 1 fully saturated rings. The summed E-state index contributed by atoms with van der Waals surface area (Å²) in [5, 5.41) is 9.92. The standard InChI is InChI=1S/C13H13BrClNO3/c14-9-6-12(17)16(7-9)11(13(18)19)5-8-1-3-10(15)4-2-8/h1-4,9,11H,5-7H2,(H,18,19). The first-order valence-corrected chi connectivity index (χ1v) is 7.17. The van der Waals surface area contributed by atoms with E-state index in [1.807, 2.05) is 0 Å². The Morgan fingerprint density at radius 2 is 2.11 bits per heavy atom. The first-order chi connectivity index (χ1) is 8.97. The molecule has 2 atom stereocenters. The van der Waals surface area contributed by atoms with Gasteiger partial charge in [0.2, 0.25) is 5.91 Å². The second-order valence-corrected chi connectivity index (χ2v) is 6.26. The number of carbonyl (C=O) groups is 2. The van der Waals surface area contributed by atoms with Crippen molar-refractivity contribution >= 4 is 39.4 Å². The van der Waals surface area contributed by atoms with Gasteiger partial charge in [0.15, 0.2) is 0 Å². The van der Waals surface area contributed by atoms with Crippen LogP contribution < -0.4 is 0 Å². The molecule has 1 aromatic rings. The molecule has 6 heteroatoms. The Bertz CT molecular complexity index is 491. The molecule has 0 aromatic heterocycles. The zero-order valence-electron chi connectivity index (χ0n) is 10.1. The van der Waals surface area contributed by atoms with E-state index in [0.29, 0.717) is 18.0 Å². The number of amides is 1. The van der Waals surface area contributed by atoms with Crippen molar-refractivity contribution in [1.82, 2.24) is 4.90 Å². The third-order valence-corrected chi connectivity index (χ3v) is 3.98. The monoisotopic (exact) mass is 345 g/mol. The van der Waals surface area contributed by atoms with Gasteiger partial charge in [0.25, 0.3) is 0 Å². The van der Waals surface area contributed by atoms with Crippen LogP contribution in [0.25, 0.3) is 0 Å². The summed E-state index contributed by atoms with van der Waals surface area (Å²) >= 11 is 9.15. The zero-order chi connectivity index (χ0) is 14.0. The number of hydrogen-bond acceptors (Lipinski definition) is 2. The number of likely N-dealkylation sites (tertiary alicyclic amines) is 1. The second-order valence-electron chi connectivity index (χ2n) is 4.53. The number of benzene rings is 1. The molecule has 2 unspecified atom stereocenters. The van der Waals surface area contributed by atoms with E-state index in [0.717, 1.165) is 5.56 Å². The van der Waals surface area contributed by atoms with E-state index in [1.54, 1.807) is 24.3 Å². The number of carbonyl (C=O) groups excluding carboxylic acids is 1. The first-order valence-electron chi connectivity index (χ1n) is 5.88. The molecule has 1 N–H and O–H groups in total. The van der Waals surface area contributed by atoms with Crippen molar-refractivity contribution in [3.05, 3.63) is 34.9 Å². The summed E-state index contributed by atoms with van der Waals surface area (Å²) in [5.41, 5.74) is 0.850. The van der Waals surface area contributed by atoms with E-state index in [-0.39, 0.29) is 17.2 Å². The van der Waals surface area contributed by atoms with Gasteiger partial charge in [-0.2, -0.15) is 0 Å². The fraction of sp³-hybridized carbons (Fsp3) is 0.385. The van der Waals surface area contributed by atoms with Gasteiger partial charge in [-0.15, -0.1) is 0 Å². The summed E-state index contributed by atoms with van der Waals surface area (Å²) in [6, 6.07) is 6.18. The molecule has 1 saturated heterocycles. The molecule has 1 heterocycles. The SMILES string of the molecule is O=C(O)C(Cc1ccc(Cl)cc1)N1CC(Br)CC1=O. The Labute approximate surface area is 124 Å². The highest BCUT2D eigenvalue weighted by molar-refractivity contribution is 9.09. The van der Waals surface area contributed by atoms with Crippen LogP contribution in [0.15, 0.2) is 24.3 Å². The molecule has 1 aliphatic heterocycles. The third kappa shape index (κ3) is 3.48. The predicted octanol–water partition coefficient (Wildman–Crippen LogP) is 2.33. The fourth-order valence-electron chi connectivity index (χ4n) is 2.16. The van der Waals surface area contributed by atoms with Crippen molar-refractivity contribution in [3.63, 3.8) is 0 Å². The van der Waals surface area contributed by atoms with Crippen molar-refractivity contribution in [2.24, 2.45) is 0 Å². The van der Waals surface area contributed by atoms with Crippen LogP contribution >= 0.6 is 27.5 Å². The molecule has 1 aromatic carbocycles. The summed E-state index contributed by atoms with van der Waals surface area (Å²) in [6.45, 7) is 0.434. The molecule has 1 amide bonds. The van der Waals surface area contributed by atoms with Crippen LogP contribution in [0.4, 0.5) is 0 Å². The highest BCUT2D eigenvalue weighted by atomic mass is 79.9.